The second-order valence-corrected chi connectivity index (χ2v) is 22.5. The summed E-state index contributed by atoms with van der Waals surface area (Å²) in [6, 6.07) is -0.758. The van der Waals surface area contributed by atoms with Crippen molar-refractivity contribution in [2.24, 2.45) is 10.8 Å². The Kier molecular flexibility index (Phi) is 38.1. The molecule has 0 spiro atoms. The normalized spacial score (nSPS) is 16.9. The molecule has 2 rings (SSSR count). The molecule has 0 aromatic carbocycles. The Hall–Kier alpha value is -4.96. The lowest BCUT2D eigenvalue weighted by atomic mass is 9.72. The van der Waals surface area contributed by atoms with Gasteiger partial charge in [0.15, 0.2) is 0 Å². The summed E-state index contributed by atoms with van der Waals surface area (Å²) >= 11 is 0. The molecular formula is C66H106N4O10. The van der Waals surface area contributed by atoms with E-state index in [0.717, 1.165) is 48.2 Å². The first-order chi connectivity index (χ1) is 38.3. The van der Waals surface area contributed by atoms with Gasteiger partial charge in [-0.05, 0) is 152 Å². The summed E-state index contributed by atoms with van der Waals surface area (Å²) in [5.41, 5.74) is 9.99. The number of rotatable bonds is 42. The van der Waals surface area contributed by atoms with Gasteiger partial charge in [0.05, 0.1) is 59.5 Å². The van der Waals surface area contributed by atoms with Crippen LogP contribution in [-0.4, -0.2) is 129 Å². The summed E-state index contributed by atoms with van der Waals surface area (Å²) in [6.07, 6.45) is 35.1. The Morgan fingerprint density at radius 1 is 0.512 bits per heavy atom. The minimum absolute atomic E-state index is 0.0572. The van der Waals surface area contributed by atoms with Crippen molar-refractivity contribution in [3.8, 4) is 0 Å². The van der Waals surface area contributed by atoms with E-state index in [4.69, 9.17) is 28.4 Å². The summed E-state index contributed by atoms with van der Waals surface area (Å²) in [7, 11) is 0. The van der Waals surface area contributed by atoms with E-state index < -0.39 is 6.04 Å². The second-order valence-electron chi connectivity index (χ2n) is 22.5. The standard InChI is InChI=1S/C66H106N4O10/c1-12-38-75-42-46-79-49-45-78-41-32-61(71)67-36-19-39-76-43-47-80-48-44-77-40-20-37-69-64(74)60(70-63(73)51-55(5)24-16-22-53(3)29-31-59-57(7)26-18-34-66(59,10)11)27-13-14-35-68-62(72)50-54(4)23-15-21-52(2)28-30-58-56(6)25-17-33-65(58,8)9/h15-16,21-24,28-31,50-51,60H,12-14,17-20,25-27,32-49H2,1-11H3,(H,67,71)(H,68,72)(H,69,74)(H,70,73)/b23-15+,24-16+,30-28+,31-29+,52-21+,53-22+,54-50+,55-51+/t60-/m0/s1. The number of carbonyl (C=O) groups is 4. The van der Waals surface area contributed by atoms with E-state index in [9.17, 15) is 19.2 Å². The molecule has 0 unspecified atom stereocenters. The first kappa shape index (κ1) is 71.1. The fraction of sp³-hybridized carbons (Fsp3) is 0.636. The Balaban J connectivity index is 1.78. The zero-order valence-electron chi connectivity index (χ0n) is 51.4. The van der Waals surface area contributed by atoms with Crippen molar-refractivity contribution in [3.05, 3.63) is 117 Å². The van der Waals surface area contributed by atoms with Crippen LogP contribution in [0.3, 0.4) is 0 Å². The molecule has 14 heteroatoms. The molecule has 14 nitrogen and oxygen atoms in total. The number of hydrogen-bond donors (Lipinski definition) is 4. The zero-order chi connectivity index (χ0) is 58.9. The second kappa shape index (κ2) is 42.8. The van der Waals surface area contributed by atoms with Gasteiger partial charge in [0.25, 0.3) is 0 Å². The average molecular weight is 1120 g/mol. The molecule has 450 valence electrons. The molecule has 0 saturated heterocycles. The molecule has 0 bridgehead atoms. The minimum Gasteiger partial charge on any atom is -0.379 e. The van der Waals surface area contributed by atoms with Crippen LogP contribution < -0.4 is 21.3 Å². The molecule has 4 amide bonds. The fourth-order valence-electron chi connectivity index (χ4n) is 9.39. The predicted molar refractivity (Wildman–Crippen MR) is 326 cm³/mol. The molecule has 0 heterocycles. The van der Waals surface area contributed by atoms with Crippen LogP contribution in [0.4, 0.5) is 0 Å². The van der Waals surface area contributed by atoms with Crippen LogP contribution >= 0.6 is 0 Å². The van der Waals surface area contributed by atoms with E-state index >= 15 is 0 Å². The van der Waals surface area contributed by atoms with Gasteiger partial charge in [-0.1, -0.05) is 118 Å². The van der Waals surface area contributed by atoms with Gasteiger partial charge in [-0.15, -0.1) is 0 Å². The van der Waals surface area contributed by atoms with Gasteiger partial charge in [-0.3, -0.25) is 19.2 Å². The molecule has 4 N–H and O–H groups in total. The molecule has 0 aromatic heterocycles. The maximum atomic E-state index is 13.5. The lowest BCUT2D eigenvalue weighted by Crippen LogP contribution is -2.46. The third kappa shape index (κ3) is 34.4. The van der Waals surface area contributed by atoms with Gasteiger partial charge >= 0.3 is 0 Å². The van der Waals surface area contributed by atoms with Gasteiger partial charge in [-0.2, -0.15) is 0 Å². The quantitative estimate of drug-likeness (QED) is 0.0262. The van der Waals surface area contributed by atoms with Crippen LogP contribution in [0.2, 0.25) is 0 Å². The zero-order valence-corrected chi connectivity index (χ0v) is 51.4. The van der Waals surface area contributed by atoms with E-state index in [1.807, 2.05) is 44.2 Å². The first-order valence-corrected chi connectivity index (χ1v) is 29.8. The van der Waals surface area contributed by atoms with Gasteiger partial charge in [0.2, 0.25) is 23.6 Å². The third-order valence-electron chi connectivity index (χ3n) is 14.0. The molecule has 0 radical (unpaired) electrons. The highest BCUT2D eigenvalue weighted by Crippen LogP contribution is 2.42. The Bertz CT molecular complexity index is 2170. The molecule has 2 aliphatic rings. The largest absolute Gasteiger partial charge is 0.379 e. The number of ether oxygens (including phenoxy) is 6. The summed E-state index contributed by atoms with van der Waals surface area (Å²) in [5.74, 6) is -0.857. The maximum Gasteiger partial charge on any atom is 0.244 e. The van der Waals surface area contributed by atoms with Gasteiger partial charge in [0, 0.05) is 58.0 Å². The number of unbranched alkanes of at least 4 members (excludes halogenated alkanes) is 1. The minimum atomic E-state index is -0.758. The van der Waals surface area contributed by atoms with E-state index in [2.05, 4.69) is 114 Å². The van der Waals surface area contributed by atoms with Crippen molar-refractivity contribution in [1.82, 2.24) is 21.3 Å². The van der Waals surface area contributed by atoms with Crippen molar-refractivity contribution in [2.75, 3.05) is 98.9 Å². The first-order valence-electron chi connectivity index (χ1n) is 29.8. The van der Waals surface area contributed by atoms with Crippen molar-refractivity contribution in [2.45, 2.75) is 166 Å². The molecule has 0 saturated carbocycles. The summed E-state index contributed by atoms with van der Waals surface area (Å²) in [6.45, 7) is 30.8. The number of allylic oxidation sites excluding steroid dienone is 18. The number of amides is 4. The van der Waals surface area contributed by atoms with Crippen molar-refractivity contribution in [1.29, 1.82) is 0 Å². The molecule has 0 fully saturated rings. The molecule has 80 heavy (non-hydrogen) atoms. The van der Waals surface area contributed by atoms with Crippen LogP contribution in [0.1, 0.15) is 160 Å². The highest BCUT2D eigenvalue weighted by molar-refractivity contribution is 5.93. The van der Waals surface area contributed by atoms with E-state index in [-0.39, 0.29) is 34.5 Å². The summed E-state index contributed by atoms with van der Waals surface area (Å²) < 4.78 is 33.2. The van der Waals surface area contributed by atoms with E-state index in [1.54, 1.807) is 6.08 Å². The number of carbonyl (C=O) groups excluding carboxylic acids is 4. The van der Waals surface area contributed by atoms with Crippen LogP contribution in [-0.2, 0) is 47.6 Å². The van der Waals surface area contributed by atoms with Gasteiger partial charge < -0.3 is 49.7 Å². The third-order valence-corrected chi connectivity index (χ3v) is 14.0. The van der Waals surface area contributed by atoms with Crippen LogP contribution in [0.5, 0.6) is 0 Å². The van der Waals surface area contributed by atoms with Crippen LogP contribution in [0, 0.1) is 10.8 Å². The van der Waals surface area contributed by atoms with Crippen LogP contribution in [0.15, 0.2) is 117 Å². The molecule has 2 aliphatic carbocycles. The van der Waals surface area contributed by atoms with Gasteiger partial charge in [0.1, 0.15) is 6.04 Å². The average Bonchev–Trinajstić information content (AvgIpc) is 3.47. The fourth-order valence-corrected chi connectivity index (χ4v) is 9.39. The molecule has 1 atom stereocenters. The van der Waals surface area contributed by atoms with Crippen molar-refractivity contribution in [3.63, 3.8) is 0 Å². The molecule has 0 aromatic rings. The molecular weight excluding hydrogens is 1010 g/mol. The lowest BCUT2D eigenvalue weighted by molar-refractivity contribution is -0.127. The summed E-state index contributed by atoms with van der Waals surface area (Å²) in [4.78, 5) is 51.6. The predicted octanol–water partition coefficient (Wildman–Crippen LogP) is 11.7. The van der Waals surface area contributed by atoms with E-state index in [1.165, 1.54) is 54.1 Å². The van der Waals surface area contributed by atoms with Gasteiger partial charge in [-0.25, -0.2) is 0 Å². The Morgan fingerprint density at radius 2 is 0.950 bits per heavy atom. The monoisotopic (exact) mass is 1110 g/mol. The SMILES string of the molecule is CCCOCCOCCOCCC(=O)NCCCOCCOCCOCCCNC(=O)[C@H](CCCCNC(=O)/C=C(C)/C=C/C=C(C)/C=C/C1=C(C)CCCC1(C)C)NC(=O)/C=C(C)/C=C/C=C(C)/C=C/C1=C(C)CCCC1(C)C. The van der Waals surface area contributed by atoms with Crippen molar-refractivity contribution < 1.29 is 47.6 Å². The van der Waals surface area contributed by atoms with Crippen molar-refractivity contribution >= 4 is 23.6 Å². The van der Waals surface area contributed by atoms with Crippen LogP contribution in [0.25, 0.3) is 0 Å². The number of nitrogens with one attached hydrogen (secondary N) is 4. The highest BCUT2D eigenvalue weighted by atomic mass is 16.5. The lowest BCUT2D eigenvalue weighted by Gasteiger charge is -2.33. The molecule has 0 aliphatic heterocycles. The Labute approximate surface area is 483 Å². The smallest absolute Gasteiger partial charge is 0.244 e. The topological polar surface area (TPSA) is 172 Å². The number of hydrogen-bond acceptors (Lipinski definition) is 10. The highest BCUT2D eigenvalue weighted by Gasteiger charge is 2.27. The summed E-state index contributed by atoms with van der Waals surface area (Å²) in [5, 5.41) is 11.7. The maximum absolute atomic E-state index is 13.5. The Morgan fingerprint density at radius 3 is 1.44 bits per heavy atom. The van der Waals surface area contributed by atoms with E-state index in [0.29, 0.717) is 131 Å².